The van der Waals surface area contributed by atoms with Crippen molar-refractivity contribution < 1.29 is 14.1 Å². The second-order valence-corrected chi connectivity index (χ2v) is 4.71. The number of hydrogen-bond donors (Lipinski definition) is 0. The summed E-state index contributed by atoms with van der Waals surface area (Å²) < 4.78 is 10.6. The third kappa shape index (κ3) is 4.56. The van der Waals surface area contributed by atoms with Crippen molar-refractivity contribution in [3.8, 4) is 0 Å². The summed E-state index contributed by atoms with van der Waals surface area (Å²) in [6, 6.07) is 0. The lowest BCUT2D eigenvalue weighted by Gasteiger charge is -2.09. The van der Waals surface area contributed by atoms with E-state index >= 15 is 0 Å². The second kappa shape index (κ2) is 7.26. The molecule has 0 aliphatic heterocycles. The van der Waals surface area contributed by atoms with E-state index < -0.39 is 0 Å². The lowest BCUT2D eigenvalue weighted by atomic mass is 10.1. The molecule has 102 valence electrons. The largest absolute Gasteiger partial charge is 0.370 e. The minimum atomic E-state index is -0.146. The number of carbonyl (C=O) groups is 1. The monoisotopic (exact) mass is 254 g/mol. The molecule has 0 aliphatic carbocycles. The molecule has 0 aliphatic rings. The van der Waals surface area contributed by atoms with Gasteiger partial charge < -0.3 is 9.26 Å². The van der Waals surface area contributed by atoms with Crippen LogP contribution < -0.4 is 0 Å². The molecule has 1 heterocycles. The summed E-state index contributed by atoms with van der Waals surface area (Å²) in [6.07, 6.45) is 1.40. The van der Waals surface area contributed by atoms with Gasteiger partial charge >= 0.3 is 0 Å². The minimum absolute atomic E-state index is 0.129. The lowest BCUT2D eigenvalue weighted by Crippen LogP contribution is -2.08. The highest BCUT2D eigenvalue weighted by molar-refractivity contribution is 5.80. The van der Waals surface area contributed by atoms with Gasteiger partial charge in [0, 0.05) is 13.0 Å². The topological polar surface area (TPSA) is 65.2 Å². The summed E-state index contributed by atoms with van der Waals surface area (Å²) in [5.41, 5.74) is 0. The maximum atomic E-state index is 11.6. The maximum Gasteiger partial charge on any atom is 0.234 e. The van der Waals surface area contributed by atoms with Gasteiger partial charge in [-0.3, -0.25) is 4.79 Å². The zero-order chi connectivity index (χ0) is 13.5. The van der Waals surface area contributed by atoms with Crippen molar-refractivity contribution in [2.24, 2.45) is 5.92 Å². The van der Waals surface area contributed by atoms with Crippen LogP contribution in [0.4, 0.5) is 0 Å². The number of Topliss-reactive ketones (excluding diaryl/α,β-unsaturated/α-hetero) is 1. The normalized spacial score (nSPS) is 12.9. The first kappa shape index (κ1) is 14.8. The van der Waals surface area contributed by atoms with Crippen molar-refractivity contribution in [2.45, 2.75) is 53.1 Å². The van der Waals surface area contributed by atoms with Crippen LogP contribution in [-0.4, -0.2) is 22.5 Å². The molecule has 0 saturated carbocycles. The SMILES string of the molecule is CCOC(CC)c1noc(CC(=O)CC(C)C)n1. The highest BCUT2D eigenvalue weighted by Crippen LogP contribution is 2.18. The number of rotatable bonds is 8. The Bertz CT molecular complexity index is 374. The molecule has 0 spiro atoms. The van der Waals surface area contributed by atoms with Gasteiger partial charge in [0.25, 0.3) is 0 Å². The average Bonchev–Trinajstić information content (AvgIpc) is 2.72. The molecule has 1 atom stereocenters. The van der Waals surface area contributed by atoms with Gasteiger partial charge in [0.1, 0.15) is 11.9 Å². The van der Waals surface area contributed by atoms with Crippen molar-refractivity contribution in [1.82, 2.24) is 10.1 Å². The van der Waals surface area contributed by atoms with E-state index in [0.717, 1.165) is 6.42 Å². The predicted octanol–water partition coefficient (Wildman–Crippen LogP) is 2.71. The van der Waals surface area contributed by atoms with E-state index in [2.05, 4.69) is 10.1 Å². The van der Waals surface area contributed by atoms with Gasteiger partial charge in [-0.15, -0.1) is 0 Å². The van der Waals surface area contributed by atoms with E-state index in [1.165, 1.54) is 0 Å². The van der Waals surface area contributed by atoms with Gasteiger partial charge in [-0.1, -0.05) is 25.9 Å². The molecule has 1 unspecified atom stereocenters. The first-order valence-electron chi connectivity index (χ1n) is 6.52. The van der Waals surface area contributed by atoms with Crippen molar-refractivity contribution in [2.75, 3.05) is 6.61 Å². The predicted molar refractivity (Wildman–Crippen MR) is 67.1 cm³/mol. The van der Waals surface area contributed by atoms with Crippen LogP contribution in [0.3, 0.4) is 0 Å². The molecule has 0 amide bonds. The van der Waals surface area contributed by atoms with E-state index in [1.54, 1.807) is 0 Å². The zero-order valence-corrected chi connectivity index (χ0v) is 11.6. The van der Waals surface area contributed by atoms with Crippen LogP contribution in [0.1, 0.15) is 58.4 Å². The number of nitrogens with zero attached hydrogens (tertiary/aromatic N) is 2. The summed E-state index contributed by atoms with van der Waals surface area (Å²) in [4.78, 5) is 15.9. The van der Waals surface area contributed by atoms with E-state index in [1.807, 2.05) is 27.7 Å². The number of ether oxygens (including phenoxy) is 1. The standard InChI is InChI=1S/C13H22N2O3/c1-5-11(17-6-2)13-14-12(18-15-13)8-10(16)7-9(3)4/h9,11H,5-8H2,1-4H3. The van der Waals surface area contributed by atoms with Gasteiger partial charge in [-0.25, -0.2) is 0 Å². The molecule has 5 heteroatoms. The highest BCUT2D eigenvalue weighted by atomic mass is 16.5. The van der Waals surface area contributed by atoms with Gasteiger partial charge in [0.15, 0.2) is 0 Å². The lowest BCUT2D eigenvalue weighted by molar-refractivity contribution is -0.119. The van der Waals surface area contributed by atoms with Crippen LogP contribution >= 0.6 is 0 Å². The molecule has 0 N–H and O–H groups in total. The van der Waals surface area contributed by atoms with Gasteiger partial charge in [-0.2, -0.15) is 4.98 Å². The molecule has 18 heavy (non-hydrogen) atoms. The van der Waals surface area contributed by atoms with Gasteiger partial charge in [0.2, 0.25) is 11.7 Å². The van der Waals surface area contributed by atoms with Crippen LogP contribution in [0.25, 0.3) is 0 Å². The smallest absolute Gasteiger partial charge is 0.234 e. The van der Waals surface area contributed by atoms with E-state index in [4.69, 9.17) is 9.26 Å². The number of carbonyl (C=O) groups excluding carboxylic acids is 1. The molecule has 0 aromatic carbocycles. The fourth-order valence-electron chi connectivity index (χ4n) is 1.74. The molecular weight excluding hydrogens is 232 g/mol. The Morgan fingerprint density at radius 2 is 2.11 bits per heavy atom. The Kier molecular flexibility index (Phi) is 5.98. The molecule has 0 fully saturated rings. The number of ketones is 1. The Morgan fingerprint density at radius 1 is 1.39 bits per heavy atom. The first-order chi connectivity index (χ1) is 8.56. The van der Waals surface area contributed by atoms with Crippen LogP contribution in [0.5, 0.6) is 0 Å². The molecule has 1 rings (SSSR count). The number of aromatic nitrogens is 2. The highest BCUT2D eigenvalue weighted by Gasteiger charge is 2.18. The van der Waals surface area contributed by atoms with Crippen molar-refractivity contribution in [3.63, 3.8) is 0 Å². The third-order valence-corrected chi connectivity index (χ3v) is 2.49. The minimum Gasteiger partial charge on any atom is -0.370 e. The average molecular weight is 254 g/mol. The fourth-order valence-corrected chi connectivity index (χ4v) is 1.74. The quantitative estimate of drug-likeness (QED) is 0.713. The van der Waals surface area contributed by atoms with Crippen molar-refractivity contribution >= 4 is 5.78 Å². The van der Waals surface area contributed by atoms with Crippen LogP contribution in [0.15, 0.2) is 4.52 Å². The zero-order valence-electron chi connectivity index (χ0n) is 11.6. The van der Waals surface area contributed by atoms with E-state index in [9.17, 15) is 4.79 Å². The summed E-state index contributed by atoms with van der Waals surface area (Å²) >= 11 is 0. The Morgan fingerprint density at radius 3 is 2.67 bits per heavy atom. The third-order valence-electron chi connectivity index (χ3n) is 2.49. The number of hydrogen-bond acceptors (Lipinski definition) is 5. The molecule has 0 saturated heterocycles. The van der Waals surface area contributed by atoms with Gasteiger partial charge in [-0.05, 0) is 19.3 Å². The molecule has 0 radical (unpaired) electrons. The maximum absolute atomic E-state index is 11.6. The Balaban J connectivity index is 2.59. The van der Waals surface area contributed by atoms with Crippen LogP contribution in [0.2, 0.25) is 0 Å². The summed E-state index contributed by atoms with van der Waals surface area (Å²) in [7, 11) is 0. The van der Waals surface area contributed by atoms with E-state index in [-0.39, 0.29) is 18.3 Å². The van der Waals surface area contributed by atoms with Crippen molar-refractivity contribution in [3.05, 3.63) is 11.7 Å². The Labute approximate surface area is 108 Å². The fraction of sp³-hybridized carbons (Fsp3) is 0.769. The van der Waals surface area contributed by atoms with Crippen LogP contribution in [0, 0.1) is 5.92 Å². The molecule has 0 bridgehead atoms. The summed E-state index contributed by atoms with van der Waals surface area (Å²) in [6.45, 7) is 8.56. The molecule has 5 nitrogen and oxygen atoms in total. The second-order valence-electron chi connectivity index (χ2n) is 4.71. The Hall–Kier alpha value is -1.23. The molecular formula is C13H22N2O3. The van der Waals surface area contributed by atoms with Crippen molar-refractivity contribution in [1.29, 1.82) is 0 Å². The van der Waals surface area contributed by atoms with Crippen LogP contribution in [-0.2, 0) is 16.0 Å². The molecule has 1 aromatic heterocycles. The summed E-state index contributed by atoms with van der Waals surface area (Å²) in [5, 5.41) is 3.87. The van der Waals surface area contributed by atoms with Gasteiger partial charge in [0.05, 0.1) is 6.42 Å². The first-order valence-corrected chi connectivity index (χ1v) is 6.52. The molecule has 1 aromatic rings. The van der Waals surface area contributed by atoms with E-state index in [0.29, 0.717) is 30.7 Å². The summed E-state index contributed by atoms with van der Waals surface area (Å²) in [5.74, 6) is 1.40.